The number of aliphatic carboxylic acids is 3. The molecule has 2 aliphatic heterocycles. The Kier molecular flexibility index (Phi) is 17.6. The zero-order valence-corrected chi connectivity index (χ0v) is 29.2. The van der Waals surface area contributed by atoms with Gasteiger partial charge in [-0.1, -0.05) is 12.1 Å². The van der Waals surface area contributed by atoms with E-state index in [9.17, 15) is 54.6 Å². The minimum Gasteiger partial charge on any atom is -0.494 e. The van der Waals surface area contributed by atoms with Gasteiger partial charge < -0.3 is 55.5 Å². The van der Waals surface area contributed by atoms with Crippen LogP contribution in [0, 0.1) is 0 Å². The smallest absolute Gasteiger partial charge is 0.320 e. The van der Waals surface area contributed by atoms with Crippen molar-refractivity contribution in [1.82, 2.24) is 25.3 Å². The van der Waals surface area contributed by atoms with Crippen LogP contribution in [-0.2, 0) is 39.9 Å². The second kappa shape index (κ2) is 21.5. The van der Waals surface area contributed by atoms with Crippen molar-refractivity contribution in [3.63, 3.8) is 0 Å². The first kappa shape index (κ1) is 42.5. The highest BCUT2D eigenvalue weighted by molar-refractivity contribution is 5.81. The van der Waals surface area contributed by atoms with Crippen LogP contribution < -0.4 is 15.4 Å². The summed E-state index contributed by atoms with van der Waals surface area (Å²) in [6.07, 6.45) is -6.50. The van der Waals surface area contributed by atoms with Crippen LogP contribution in [0.4, 0.5) is 0 Å². The second-order valence-electron chi connectivity index (χ2n) is 12.6. The predicted molar refractivity (Wildman–Crippen MR) is 180 cm³/mol. The number of rotatable bonds is 19. The summed E-state index contributed by atoms with van der Waals surface area (Å²) in [5.74, 6) is -3.60. The van der Waals surface area contributed by atoms with Crippen molar-refractivity contribution in [1.29, 1.82) is 0 Å². The molecule has 1 aromatic rings. The van der Waals surface area contributed by atoms with Crippen LogP contribution in [0.3, 0.4) is 0 Å². The Labute approximate surface area is 301 Å². The highest BCUT2D eigenvalue weighted by atomic mass is 16.7. The maximum absolute atomic E-state index is 12.6. The van der Waals surface area contributed by atoms with Gasteiger partial charge in [-0.15, -0.1) is 0 Å². The molecule has 0 aromatic heterocycles. The monoisotopic (exact) mass is 741 g/mol. The van der Waals surface area contributed by atoms with Crippen LogP contribution in [0.15, 0.2) is 24.3 Å². The van der Waals surface area contributed by atoms with Gasteiger partial charge in [0, 0.05) is 65.9 Å². The molecule has 1 aromatic carbocycles. The van der Waals surface area contributed by atoms with E-state index < -0.39 is 60.6 Å². The second-order valence-corrected chi connectivity index (χ2v) is 12.6. The minimum atomic E-state index is -1.62. The van der Waals surface area contributed by atoms with Crippen LogP contribution >= 0.6 is 0 Å². The number of nitrogens with one attached hydrogen (secondary N) is 2. The van der Waals surface area contributed by atoms with Crippen LogP contribution in [0.5, 0.6) is 5.75 Å². The van der Waals surface area contributed by atoms with E-state index in [1.54, 1.807) is 26.8 Å². The fourth-order valence-electron chi connectivity index (χ4n) is 5.92. The Balaban J connectivity index is 1.36. The normalized spacial score (nSPS) is 24.1. The molecule has 0 saturated carbocycles. The zero-order chi connectivity index (χ0) is 38.2. The van der Waals surface area contributed by atoms with Crippen molar-refractivity contribution in [3.8, 4) is 5.75 Å². The van der Waals surface area contributed by atoms with Crippen LogP contribution in [-0.4, -0.2) is 191 Å². The lowest BCUT2D eigenvalue weighted by Crippen LogP contribution is -2.62. The molecule has 0 spiro atoms. The van der Waals surface area contributed by atoms with Gasteiger partial charge >= 0.3 is 17.9 Å². The third-order valence-electron chi connectivity index (χ3n) is 8.84. The molecule has 19 heteroatoms. The van der Waals surface area contributed by atoms with Crippen molar-refractivity contribution in [3.05, 3.63) is 29.8 Å². The van der Waals surface area contributed by atoms with Gasteiger partial charge in [0.25, 0.3) is 5.91 Å². The van der Waals surface area contributed by atoms with Gasteiger partial charge in [-0.05, 0) is 37.0 Å². The molecule has 6 unspecified atom stereocenters. The van der Waals surface area contributed by atoms with Gasteiger partial charge in [0.05, 0.1) is 19.7 Å². The summed E-state index contributed by atoms with van der Waals surface area (Å²) in [5.41, 5.74) is 0.886. The van der Waals surface area contributed by atoms with E-state index in [2.05, 4.69) is 10.6 Å². The lowest BCUT2D eigenvalue weighted by Gasteiger charge is -2.38. The van der Waals surface area contributed by atoms with Gasteiger partial charge in [-0.2, -0.15) is 0 Å². The molecular formula is C33H51N5O14. The Bertz CT molecular complexity index is 1290. The number of hydrogen-bond acceptors (Lipinski definition) is 14. The maximum Gasteiger partial charge on any atom is 0.320 e. The molecule has 2 aliphatic rings. The van der Waals surface area contributed by atoms with Crippen molar-refractivity contribution in [2.24, 2.45) is 0 Å². The van der Waals surface area contributed by atoms with Gasteiger partial charge in [0.15, 0.2) is 12.4 Å². The average Bonchev–Trinajstić information content (AvgIpc) is 3.18. The number of carbonyl (C=O) groups is 5. The third-order valence-corrected chi connectivity index (χ3v) is 8.84. The highest BCUT2D eigenvalue weighted by Gasteiger charge is 2.46. The summed E-state index contributed by atoms with van der Waals surface area (Å²) in [5, 5.41) is 63.8. The number of aliphatic hydroxyl groups is 3. The lowest BCUT2D eigenvalue weighted by molar-refractivity contribution is -0.283. The number of amides is 2. The molecule has 52 heavy (non-hydrogen) atoms. The molecule has 2 amide bonds. The molecule has 3 rings (SSSR count). The quantitative estimate of drug-likeness (QED) is 0.0657. The Morgan fingerprint density at radius 3 is 1.98 bits per heavy atom. The summed E-state index contributed by atoms with van der Waals surface area (Å²) in [7, 11) is 1.24. The van der Waals surface area contributed by atoms with Crippen LogP contribution in [0.1, 0.15) is 24.8 Å². The first-order valence-corrected chi connectivity index (χ1v) is 17.1. The zero-order valence-electron chi connectivity index (χ0n) is 29.2. The van der Waals surface area contributed by atoms with Crippen molar-refractivity contribution in [2.75, 3.05) is 79.2 Å². The summed E-state index contributed by atoms with van der Waals surface area (Å²) >= 11 is 0. The fraction of sp³-hybridized carbons (Fsp3) is 0.667. The SMILES string of the molecule is COC1OC(C(=O)NCCc2ccc(OCCCNC(=O)CCC(C(=O)O)N3CCN(CC(=O)O)CCN(CC(=O)O)CC3)cc2)C(O)C(O)C1O. The summed E-state index contributed by atoms with van der Waals surface area (Å²) in [6, 6.07) is 6.12. The van der Waals surface area contributed by atoms with E-state index in [0.717, 1.165) is 5.56 Å². The largest absolute Gasteiger partial charge is 0.494 e. The van der Waals surface area contributed by atoms with E-state index in [-0.39, 0.29) is 64.6 Å². The number of aliphatic hydroxyl groups excluding tert-OH is 3. The standard InChI is InChI=1S/C33H51N5O14/c1-50-33-29(46)27(44)28(45)30(52-33)31(47)35-11-9-21-3-5-22(6-4-21)51-18-2-10-34-24(39)8-7-23(32(48)49)38-16-14-36(19-25(40)41)12-13-37(15-17-38)20-26(42)43/h3-6,23,27-30,33,44-46H,2,7-20H2,1H3,(H,34,39)(H,35,47)(H,40,41)(H,42,43)(H,48,49). The molecule has 2 saturated heterocycles. The Morgan fingerprint density at radius 2 is 1.42 bits per heavy atom. The van der Waals surface area contributed by atoms with Crippen LogP contribution in [0.2, 0.25) is 0 Å². The number of carboxylic acid groups (broad SMARTS) is 3. The molecule has 6 atom stereocenters. The molecule has 292 valence electrons. The number of carboxylic acids is 3. The van der Waals surface area contributed by atoms with Gasteiger partial charge in [0.1, 0.15) is 30.1 Å². The van der Waals surface area contributed by atoms with Gasteiger partial charge in [0.2, 0.25) is 5.91 Å². The van der Waals surface area contributed by atoms with Crippen molar-refractivity contribution >= 4 is 29.7 Å². The van der Waals surface area contributed by atoms with E-state index in [0.29, 0.717) is 44.8 Å². The molecule has 19 nitrogen and oxygen atoms in total. The lowest BCUT2D eigenvalue weighted by atomic mass is 9.98. The number of ether oxygens (including phenoxy) is 3. The Morgan fingerprint density at radius 1 is 0.827 bits per heavy atom. The number of hydrogen-bond donors (Lipinski definition) is 8. The highest BCUT2D eigenvalue weighted by Crippen LogP contribution is 2.22. The fourth-order valence-corrected chi connectivity index (χ4v) is 5.92. The first-order chi connectivity index (χ1) is 24.8. The molecule has 2 fully saturated rings. The number of nitrogens with zero attached hydrogens (tertiary/aromatic N) is 3. The van der Waals surface area contributed by atoms with Gasteiger partial charge in [-0.3, -0.25) is 38.7 Å². The van der Waals surface area contributed by atoms with E-state index in [1.165, 1.54) is 7.11 Å². The summed E-state index contributed by atoms with van der Waals surface area (Å²) in [6.45, 7) is 2.00. The number of carbonyl (C=O) groups excluding carboxylic acids is 2. The minimum absolute atomic E-state index is 0.0173. The number of benzene rings is 1. The Hall–Kier alpha value is -3.95. The van der Waals surface area contributed by atoms with Gasteiger partial charge in [-0.25, -0.2) is 0 Å². The predicted octanol–water partition coefficient (Wildman–Crippen LogP) is -2.99. The molecule has 0 aliphatic carbocycles. The van der Waals surface area contributed by atoms with Crippen molar-refractivity contribution in [2.45, 2.75) is 62.4 Å². The summed E-state index contributed by atoms with van der Waals surface area (Å²) < 4.78 is 15.9. The maximum atomic E-state index is 12.6. The van der Waals surface area contributed by atoms with Crippen molar-refractivity contribution < 1.29 is 68.8 Å². The summed E-state index contributed by atoms with van der Waals surface area (Å²) in [4.78, 5) is 64.8. The third kappa shape index (κ3) is 13.9. The topological polar surface area (TPSA) is 268 Å². The molecule has 2 heterocycles. The van der Waals surface area contributed by atoms with E-state index >= 15 is 0 Å². The van der Waals surface area contributed by atoms with E-state index in [4.69, 9.17) is 14.2 Å². The first-order valence-electron chi connectivity index (χ1n) is 17.1. The molecule has 8 N–H and O–H groups in total. The van der Waals surface area contributed by atoms with Crippen LogP contribution in [0.25, 0.3) is 0 Å². The molecule has 0 radical (unpaired) electrons. The number of methoxy groups -OCH3 is 1. The molecule has 0 bridgehead atoms. The average molecular weight is 742 g/mol. The van der Waals surface area contributed by atoms with E-state index in [1.807, 2.05) is 12.1 Å². The molecular weight excluding hydrogens is 690 g/mol.